The Morgan fingerprint density at radius 2 is 1.89 bits per heavy atom. The number of hydrogen-bond acceptors (Lipinski definition) is 8. The molecule has 148 valence electrons. The van der Waals surface area contributed by atoms with E-state index in [2.05, 4.69) is 25.2 Å². The summed E-state index contributed by atoms with van der Waals surface area (Å²) in [4.78, 5) is 21.8. The molecule has 28 heavy (non-hydrogen) atoms. The molecule has 1 atom stereocenters. The number of nitrogens with zero attached hydrogens (tertiary/aromatic N) is 6. The van der Waals surface area contributed by atoms with Crippen LogP contribution < -0.4 is 15.1 Å². The first-order valence-electron chi connectivity index (χ1n) is 9.96. The van der Waals surface area contributed by atoms with Crippen LogP contribution in [0.5, 0.6) is 0 Å². The van der Waals surface area contributed by atoms with Crippen molar-refractivity contribution >= 4 is 17.7 Å². The Labute approximate surface area is 163 Å². The summed E-state index contributed by atoms with van der Waals surface area (Å²) in [5, 5.41) is 3.35. The van der Waals surface area contributed by atoms with Crippen molar-refractivity contribution in [3.8, 4) is 0 Å². The zero-order valence-electron chi connectivity index (χ0n) is 15.7. The lowest BCUT2D eigenvalue weighted by Crippen LogP contribution is -2.37. The molecule has 0 spiro atoms. The Balaban J connectivity index is 1.25. The topological polar surface area (TPSA) is 79.3 Å². The third-order valence-electron chi connectivity index (χ3n) is 5.50. The summed E-state index contributed by atoms with van der Waals surface area (Å²) >= 11 is 0. The highest BCUT2D eigenvalue weighted by Gasteiger charge is 2.29. The van der Waals surface area contributed by atoms with Gasteiger partial charge in [0, 0.05) is 50.0 Å². The second-order valence-electron chi connectivity index (χ2n) is 7.60. The van der Waals surface area contributed by atoms with Gasteiger partial charge in [0.25, 0.3) is 0 Å². The van der Waals surface area contributed by atoms with Gasteiger partial charge in [-0.05, 0) is 25.3 Å². The van der Waals surface area contributed by atoms with Crippen LogP contribution in [0, 0.1) is 5.82 Å². The SMILES string of the molecule is Fc1cnc(NC2CCN(c3nccc(C4CC4)n3)C2)nc1N1CCOCC1. The van der Waals surface area contributed by atoms with Gasteiger partial charge >= 0.3 is 0 Å². The van der Waals surface area contributed by atoms with Crippen molar-refractivity contribution in [1.29, 1.82) is 0 Å². The van der Waals surface area contributed by atoms with Crippen LogP contribution >= 0.6 is 0 Å². The highest BCUT2D eigenvalue weighted by molar-refractivity contribution is 5.45. The molecule has 0 amide bonds. The summed E-state index contributed by atoms with van der Waals surface area (Å²) in [6.45, 7) is 4.11. The lowest BCUT2D eigenvalue weighted by molar-refractivity contribution is 0.122. The van der Waals surface area contributed by atoms with Gasteiger partial charge in [0.05, 0.1) is 19.4 Å². The molecule has 0 radical (unpaired) electrons. The summed E-state index contributed by atoms with van der Waals surface area (Å²) in [6, 6.07) is 2.20. The molecule has 5 rings (SSSR count). The number of nitrogens with one attached hydrogen (secondary N) is 1. The molecule has 3 fully saturated rings. The lowest BCUT2D eigenvalue weighted by atomic mass is 10.3. The number of morpholine rings is 1. The fourth-order valence-electron chi connectivity index (χ4n) is 3.79. The van der Waals surface area contributed by atoms with Crippen LogP contribution in [-0.2, 0) is 4.74 Å². The summed E-state index contributed by atoms with van der Waals surface area (Å²) in [5.41, 5.74) is 1.15. The molecule has 2 aromatic rings. The fraction of sp³-hybridized carbons (Fsp3) is 0.579. The maximum absolute atomic E-state index is 14.2. The van der Waals surface area contributed by atoms with Gasteiger partial charge in [0.1, 0.15) is 0 Å². The maximum Gasteiger partial charge on any atom is 0.225 e. The zero-order chi connectivity index (χ0) is 18.9. The monoisotopic (exact) mass is 385 g/mol. The van der Waals surface area contributed by atoms with E-state index in [-0.39, 0.29) is 6.04 Å². The van der Waals surface area contributed by atoms with Crippen LogP contribution in [0.1, 0.15) is 30.9 Å². The predicted octanol–water partition coefficient (Wildman–Crippen LogP) is 1.81. The first-order chi connectivity index (χ1) is 13.8. The molecular formula is C19H24FN7O. The average molecular weight is 385 g/mol. The third-order valence-corrected chi connectivity index (χ3v) is 5.50. The van der Waals surface area contributed by atoms with E-state index in [0.717, 1.165) is 31.2 Å². The van der Waals surface area contributed by atoms with Gasteiger partial charge in [-0.15, -0.1) is 0 Å². The normalized spacial score (nSPS) is 22.5. The van der Waals surface area contributed by atoms with Gasteiger partial charge in [0.2, 0.25) is 11.9 Å². The van der Waals surface area contributed by atoms with E-state index < -0.39 is 5.82 Å². The molecular weight excluding hydrogens is 361 g/mol. The molecule has 1 saturated carbocycles. The highest BCUT2D eigenvalue weighted by atomic mass is 19.1. The molecule has 0 aromatic carbocycles. The number of halogens is 1. The van der Waals surface area contributed by atoms with Gasteiger partial charge in [-0.2, -0.15) is 4.98 Å². The highest BCUT2D eigenvalue weighted by Crippen LogP contribution is 2.39. The van der Waals surface area contributed by atoms with Crippen LogP contribution in [0.25, 0.3) is 0 Å². The van der Waals surface area contributed by atoms with E-state index in [9.17, 15) is 4.39 Å². The quantitative estimate of drug-likeness (QED) is 0.835. The Hall–Kier alpha value is -2.55. The number of rotatable bonds is 5. The molecule has 1 unspecified atom stereocenters. The van der Waals surface area contributed by atoms with E-state index in [1.165, 1.54) is 19.0 Å². The molecule has 9 heteroatoms. The number of anilines is 3. The van der Waals surface area contributed by atoms with Crippen LogP contribution in [-0.4, -0.2) is 65.4 Å². The van der Waals surface area contributed by atoms with Crippen molar-refractivity contribution in [1.82, 2.24) is 19.9 Å². The van der Waals surface area contributed by atoms with Gasteiger partial charge < -0.3 is 19.9 Å². The maximum atomic E-state index is 14.2. The second-order valence-corrected chi connectivity index (χ2v) is 7.60. The molecule has 2 aliphatic heterocycles. The Kier molecular flexibility index (Phi) is 4.67. The van der Waals surface area contributed by atoms with E-state index >= 15 is 0 Å². The molecule has 2 saturated heterocycles. The molecule has 2 aromatic heterocycles. The lowest BCUT2D eigenvalue weighted by Gasteiger charge is -2.28. The van der Waals surface area contributed by atoms with E-state index in [0.29, 0.717) is 44.0 Å². The summed E-state index contributed by atoms with van der Waals surface area (Å²) in [5.74, 6) is 1.82. The van der Waals surface area contributed by atoms with Crippen molar-refractivity contribution < 1.29 is 9.13 Å². The Bertz CT molecular complexity index is 841. The first-order valence-corrected chi connectivity index (χ1v) is 9.96. The van der Waals surface area contributed by atoms with Gasteiger partial charge in [-0.1, -0.05) is 0 Å². The van der Waals surface area contributed by atoms with Crippen molar-refractivity contribution in [2.75, 3.05) is 54.5 Å². The van der Waals surface area contributed by atoms with Crippen molar-refractivity contribution in [2.24, 2.45) is 0 Å². The van der Waals surface area contributed by atoms with Gasteiger partial charge in [-0.25, -0.2) is 19.3 Å². The summed E-state index contributed by atoms with van der Waals surface area (Å²) < 4.78 is 19.5. The Morgan fingerprint density at radius 1 is 1.04 bits per heavy atom. The molecule has 1 aliphatic carbocycles. The van der Waals surface area contributed by atoms with Gasteiger partial charge in [-0.3, -0.25) is 0 Å². The minimum atomic E-state index is -0.397. The Morgan fingerprint density at radius 3 is 2.71 bits per heavy atom. The smallest absolute Gasteiger partial charge is 0.225 e. The predicted molar refractivity (Wildman–Crippen MR) is 103 cm³/mol. The standard InChI is InChI=1S/C19H24FN7O/c20-15-11-22-18(25-17(15)26-7-9-28-10-8-26)23-14-4-6-27(12-14)19-21-5-3-16(24-19)13-1-2-13/h3,5,11,13-14H,1-2,4,6-10,12H2,(H,22,23,25). The fourth-order valence-corrected chi connectivity index (χ4v) is 3.79. The molecule has 0 bridgehead atoms. The molecule has 3 aliphatic rings. The van der Waals surface area contributed by atoms with Crippen molar-refractivity contribution in [2.45, 2.75) is 31.2 Å². The first kappa shape index (κ1) is 17.5. The second kappa shape index (κ2) is 7.46. The molecule has 8 nitrogen and oxygen atoms in total. The van der Waals surface area contributed by atoms with Gasteiger partial charge in [0.15, 0.2) is 11.6 Å². The van der Waals surface area contributed by atoms with Crippen LogP contribution in [0.4, 0.5) is 22.1 Å². The third kappa shape index (κ3) is 3.71. The number of hydrogen-bond donors (Lipinski definition) is 1. The minimum Gasteiger partial charge on any atom is -0.378 e. The van der Waals surface area contributed by atoms with Crippen LogP contribution in [0.3, 0.4) is 0 Å². The summed E-state index contributed by atoms with van der Waals surface area (Å²) in [6.07, 6.45) is 6.50. The largest absolute Gasteiger partial charge is 0.378 e. The van der Waals surface area contributed by atoms with E-state index in [1.807, 2.05) is 17.2 Å². The number of aromatic nitrogens is 4. The van der Waals surface area contributed by atoms with E-state index in [1.54, 1.807) is 0 Å². The van der Waals surface area contributed by atoms with Crippen LogP contribution in [0.2, 0.25) is 0 Å². The van der Waals surface area contributed by atoms with Crippen molar-refractivity contribution in [3.05, 3.63) is 30.0 Å². The average Bonchev–Trinajstić information content (AvgIpc) is 3.49. The molecule has 4 heterocycles. The van der Waals surface area contributed by atoms with Crippen molar-refractivity contribution in [3.63, 3.8) is 0 Å². The molecule has 1 N–H and O–H groups in total. The summed E-state index contributed by atoms with van der Waals surface area (Å²) in [7, 11) is 0. The number of ether oxygens (including phenoxy) is 1. The van der Waals surface area contributed by atoms with E-state index in [4.69, 9.17) is 9.72 Å². The minimum absolute atomic E-state index is 0.177. The zero-order valence-corrected chi connectivity index (χ0v) is 15.7. The van der Waals surface area contributed by atoms with Crippen LogP contribution in [0.15, 0.2) is 18.5 Å².